The van der Waals surface area contributed by atoms with Gasteiger partial charge in [0, 0.05) is 6.20 Å². The molecule has 0 aliphatic heterocycles. The van der Waals surface area contributed by atoms with E-state index in [1.54, 1.807) is 12.3 Å². The lowest BCUT2D eigenvalue weighted by Crippen LogP contribution is -2.17. The minimum atomic E-state index is 0.0227. The lowest BCUT2D eigenvalue weighted by molar-refractivity contribution is 0.0168. The summed E-state index contributed by atoms with van der Waals surface area (Å²) in [5.74, 6) is 0.0227. The number of pyridine rings is 1. The van der Waals surface area contributed by atoms with Crippen molar-refractivity contribution in [2.24, 2.45) is 10.9 Å². The van der Waals surface area contributed by atoms with E-state index >= 15 is 0 Å². The van der Waals surface area contributed by atoms with Crippen LogP contribution in [-0.2, 0) is 11.3 Å². The molecule has 5 nitrogen and oxygen atoms in total. The summed E-state index contributed by atoms with van der Waals surface area (Å²) in [6.45, 7) is 0.554. The molecule has 1 fully saturated rings. The van der Waals surface area contributed by atoms with Crippen molar-refractivity contribution in [1.29, 1.82) is 0 Å². The van der Waals surface area contributed by atoms with E-state index in [9.17, 15) is 0 Å². The third kappa shape index (κ3) is 3.43. The van der Waals surface area contributed by atoms with E-state index < -0.39 is 0 Å². The Labute approximate surface area is 107 Å². The number of aromatic nitrogens is 1. The SMILES string of the molecule is NC(=NO)c1cc(COC2CCCCC2)ccn1. The Kier molecular flexibility index (Phi) is 4.52. The van der Waals surface area contributed by atoms with Gasteiger partial charge in [-0.2, -0.15) is 0 Å². The maximum absolute atomic E-state index is 8.60. The highest BCUT2D eigenvalue weighted by Gasteiger charge is 2.13. The number of hydrogen-bond donors (Lipinski definition) is 2. The number of hydrogen-bond acceptors (Lipinski definition) is 4. The molecule has 1 aliphatic carbocycles. The second kappa shape index (κ2) is 6.35. The Balaban J connectivity index is 1.92. The van der Waals surface area contributed by atoms with E-state index in [2.05, 4.69) is 10.1 Å². The number of amidine groups is 1. The summed E-state index contributed by atoms with van der Waals surface area (Å²) in [6, 6.07) is 3.68. The van der Waals surface area contributed by atoms with E-state index in [1.807, 2.05) is 6.07 Å². The highest BCUT2D eigenvalue weighted by molar-refractivity contribution is 5.95. The topological polar surface area (TPSA) is 80.7 Å². The van der Waals surface area contributed by atoms with Crippen molar-refractivity contribution in [2.45, 2.75) is 44.8 Å². The fourth-order valence-corrected chi connectivity index (χ4v) is 2.20. The van der Waals surface area contributed by atoms with E-state index in [-0.39, 0.29) is 5.84 Å². The molecule has 0 aromatic carbocycles. The van der Waals surface area contributed by atoms with Crippen LogP contribution in [0, 0.1) is 0 Å². The van der Waals surface area contributed by atoms with Gasteiger partial charge >= 0.3 is 0 Å². The zero-order valence-corrected chi connectivity index (χ0v) is 10.4. The molecule has 0 unspecified atom stereocenters. The molecule has 0 atom stereocenters. The van der Waals surface area contributed by atoms with Gasteiger partial charge in [0.15, 0.2) is 5.84 Å². The monoisotopic (exact) mass is 249 g/mol. The number of nitrogens with zero attached hydrogens (tertiary/aromatic N) is 2. The minimum Gasteiger partial charge on any atom is -0.409 e. The Morgan fingerprint density at radius 3 is 2.94 bits per heavy atom. The predicted octanol–water partition coefficient (Wildman–Crippen LogP) is 2.03. The summed E-state index contributed by atoms with van der Waals surface area (Å²) in [7, 11) is 0. The molecular formula is C13H19N3O2. The first-order valence-corrected chi connectivity index (χ1v) is 6.34. The molecule has 1 aliphatic rings. The maximum atomic E-state index is 8.60. The van der Waals surface area contributed by atoms with E-state index in [0.717, 1.165) is 18.4 Å². The van der Waals surface area contributed by atoms with Crippen molar-refractivity contribution in [2.75, 3.05) is 0 Å². The second-order valence-electron chi connectivity index (χ2n) is 4.61. The molecule has 3 N–H and O–H groups in total. The smallest absolute Gasteiger partial charge is 0.188 e. The van der Waals surface area contributed by atoms with E-state index in [0.29, 0.717) is 18.4 Å². The Bertz CT molecular complexity index is 414. The van der Waals surface area contributed by atoms with Crippen LogP contribution in [0.2, 0.25) is 0 Å². The number of rotatable bonds is 4. The van der Waals surface area contributed by atoms with Gasteiger partial charge < -0.3 is 15.7 Å². The van der Waals surface area contributed by atoms with Gasteiger partial charge in [-0.15, -0.1) is 0 Å². The first-order chi connectivity index (χ1) is 8.79. The van der Waals surface area contributed by atoms with Crippen molar-refractivity contribution in [3.8, 4) is 0 Å². The molecule has 98 valence electrons. The van der Waals surface area contributed by atoms with Crippen molar-refractivity contribution < 1.29 is 9.94 Å². The van der Waals surface area contributed by atoms with Gasteiger partial charge in [0.05, 0.1) is 12.7 Å². The zero-order chi connectivity index (χ0) is 12.8. The first kappa shape index (κ1) is 12.8. The van der Waals surface area contributed by atoms with Crippen molar-refractivity contribution >= 4 is 5.84 Å². The number of nitrogens with two attached hydrogens (primary N) is 1. The van der Waals surface area contributed by atoms with Crippen molar-refractivity contribution in [1.82, 2.24) is 4.98 Å². The normalized spacial score (nSPS) is 17.9. The highest BCUT2D eigenvalue weighted by atomic mass is 16.5. The van der Waals surface area contributed by atoms with E-state index in [1.165, 1.54) is 19.3 Å². The summed E-state index contributed by atoms with van der Waals surface area (Å²) in [4.78, 5) is 4.03. The molecule has 0 bridgehead atoms. The van der Waals surface area contributed by atoms with Crippen LogP contribution >= 0.6 is 0 Å². The Morgan fingerprint density at radius 1 is 1.44 bits per heavy atom. The second-order valence-corrected chi connectivity index (χ2v) is 4.61. The van der Waals surface area contributed by atoms with Crippen LogP contribution in [0.4, 0.5) is 0 Å². The fraction of sp³-hybridized carbons (Fsp3) is 0.538. The van der Waals surface area contributed by atoms with Gasteiger partial charge in [-0.05, 0) is 30.5 Å². The quantitative estimate of drug-likeness (QED) is 0.370. The fourth-order valence-electron chi connectivity index (χ4n) is 2.20. The molecule has 1 aromatic rings. The molecule has 18 heavy (non-hydrogen) atoms. The molecule has 0 saturated heterocycles. The standard InChI is InChI=1S/C13H19N3O2/c14-13(16-17)12-8-10(6-7-15-12)9-18-11-4-2-1-3-5-11/h6-8,11,17H,1-5,9H2,(H2,14,16). The number of ether oxygens (including phenoxy) is 1. The van der Waals surface area contributed by atoms with Crippen LogP contribution in [0.25, 0.3) is 0 Å². The molecule has 0 radical (unpaired) electrons. The third-order valence-electron chi connectivity index (χ3n) is 3.23. The van der Waals surface area contributed by atoms with Gasteiger partial charge in [-0.25, -0.2) is 0 Å². The summed E-state index contributed by atoms with van der Waals surface area (Å²) in [6.07, 6.45) is 8.16. The molecule has 1 aromatic heterocycles. The summed E-state index contributed by atoms with van der Waals surface area (Å²) in [5, 5.41) is 11.5. The van der Waals surface area contributed by atoms with Crippen LogP contribution in [0.5, 0.6) is 0 Å². The van der Waals surface area contributed by atoms with Crippen LogP contribution in [0.15, 0.2) is 23.5 Å². The lowest BCUT2D eigenvalue weighted by atomic mass is 9.98. The zero-order valence-electron chi connectivity index (χ0n) is 10.4. The van der Waals surface area contributed by atoms with Crippen LogP contribution < -0.4 is 5.73 Å². The average molecular weight is 249 g/mol. The summed E-state index contributed by atoms with van der Waals surface area (Å²) < 4.78 is 5.87. The van der Waals surface area contributed by atoms with E-state index in [4.69, 9.17) is 15.7 Å². The Hall–Kier alpha value is -1.62. The predicted molar refractivity (Wildman–Crippen MR) is 68.4 cm³/mol. The minimum absolute atomic E-state index is 0.0227. The maximum Gasteiger partial charge on any atom is 0.188 e. The number of oxime groups is 1. The molecule has 0 amide bonds. The Morgan fingerprint density at radius 2 is 2.22 bits per heavy atom. The van der Waals surface area contributed by atoms with Gasteiger partial charge in [0.1, 0.15) is 5.69 Å². The average Bonchev–Trinajstić information content (AvgIpc) is 2.45. The van der Waals surface area contributed by atoms with Gasteiger partial charge in [-0.3, -0.25) is 4.98 Å². The summed E-state index contributed by atoms with van der Waals surface area (Å²) in [5.41, 5.74) is 6.97. The van der Waals surface area contributed by atoms with Gasteiger partial charge in [0.25, 0.3) is 0 Å². The molecule has 5 heteroatoms. The molecule has 0 spiro atoms. The molecule has 1 saturated carbocycles. The largest absolute Gasteiger partial charge is 0.409 e. The van der Waals surface area contributed by atoms with Crippen LogP contribution in [-0.4, -0.2) is 22.1 Å². The van der Waals surface area contributed by atoms with Gasteiger partial charge in [0.2, 0.25) is 0 Å². The molecule has 2 rings (SSSR count). The lowest BCUT2D eigenvalue weighted by Gasteiger charge is -2.22. The van der Waals surface area contributed by atoms with Gasteiger partial charge in [-0.1, -0.05) is 24.4 Å². The third-order valence-corrected chi connectivity index (χ3v) is 3.23. The summed E-state index contributed by atoms with van der Waals surface area (Å²) >= 11 is 0. The van der Waals surface area contributed by atoms with Crippen molar-refractivity contribution in [3.05, 3.63) is 29.6 Å². The highest BCUT2D eigenvalue weighted by Crippen LogP contribution is 2.21. The molecule has 1 heterocycles. The van der Waals surface area contributed by atoms with Crippen LogP contribution in [0.3, 0.4) is 0 Å². The first-order valence-electron chi connectivity index (χ1n) is 6.34. The molecular weight excluding hydrogens is 230 g/mol. The van der Waals surface area contributed by atoms with Crippen LogP contribution in [0.1, 0.15) is 43.4 Å². The van der Waals surface area contributed by atoms with Crippen molar-refractivity contribution in [3.63, 3.8) is 0 Å².